The standard InChI is InChI=1S/C17H23N3O5S/c1-13-6-4-5-7-15(13)24-10-11-25-17(21)8-9-18-26(22,23)16-12-20(3)14(2)19-16/h4-7,12,18H,8-11H2,1-3H3. The lowest BCUT2D eigenvalue weighted by molar-refractivity contribution is -0.144. The molecule has 0 saturated heterocycles. The number of imidazole rings is 1. The first-order valence-corrected chi connectivity index (χ1v) is 9.61. The molecule has 0 atom stereocenters. The Labute approximate surface area is 153 Å². The highest BCUT2D eigenvalue weighted by atomic mass is 32.2. The fourth-order valence-electron chi connectivity index (χ4n) is 2.11. The predicted octanol–water partition coefficient (Wildman–Crippen LogP) is 1.33. The van der Waals surface area contributed by atoms with E-state index in [2.05, 4.69) is 9.71 Å². The van der Waals surface area contributed by atoms with Crippen molar-refractivity contribution in [1.82, 2.24) is 14.3 Å². The van der Waals surface area contributed by atoms with E-state index in [0.29, 0.717) is 5.82 Å². The van der Waals surface area contributed by atoms with Crippen LogP contribution in [0.5, 0.6) is 5.75 Å². The molecule has 142 valence electrons. The highest BCUT2D eigenvalue weighted by Crippen LogP contribution is 2.15. The second kappa shape index (κ2) is 8.81. The van der Waals surface area contributed by atoms with Crippen LogP contribution in [-0.4, -0.2) is 43.7 Å². The lowest BCUT2D eigenvalue weighted by Gasteiger charge is -2.09. The van der Waals surface area contributed by atoms with Gasteiger partial charge in [-0.05, 0) is 25.5 Å². The number of aromatic nitrogens is 2. The van der Waals surface area contributed by atoms with Crippen LogP contribution in [0.4, 0.5) is 0 Å². The third-order valence-corrected chi connectivity index (χ3v) is 5.01. The number of nitrogens with one attached hydrogen (secondary N) is 1. The van der Waals surface area contributed by atoms with E-state index in [1.807, 2.05) is 31.2 Å². The lowest BCUT2D eigenvalue weighted by atomic mass is 10.2. The smallest absolute Gasteiger partial charge is 0.307 e. The van der Waals surface area contributed by atoms with Crippen LogP contribution in [0.3, 0.4) is 0 Å². The molecule has 0 fully saturated rings. The molecule has 0 amide bonds. The minimum absolute atomic E-state index is 0.0601. The average Bonchev–Trinajstić information content (AvgIpc) is 2.93. The largest absolute Gasteiger partial charge is 0.490 e. The van der Waals surface area contributed by atoms with Crippen LogP contribution in [0, 0.1) is 13.8 Å². The van der Waals surface area contributed by atoms with Gasteiger partial charge in [-0.15, -0.1) is 0 Å². The SMILES string of the molecule is Cc1ccccc1OCCOC(=O)CCNS(=O)(=O)c1cn(C)c(C)n1. The molecule has 8 nitrogen and oxygen atoms in total. The topological polar surface area (TPSA) is 99.5 Å². The van der Waals surface area contributed by atoms with E-state index < -0.39 is 16.0 Å². The van der Waals surface area contributed by atoms with Crippen LogP contribution < -0.4 is 9.46 Å². The van der Waals surface area contributed by atoms with Gasteiger partial charge in [0.15, 0.2) is 5.03 Å². The van der Waals surface area contributed by atoms with E-state index in [0.717, 1.165) is 11.3 Å². The normalized spacial score (nSPS) is 11.3. The molecule has 26 heavy (non-hydrogen) atoms. The molecule has 0 unspecified atom stereocenters. The molecule has 2 rings (SSSR count). The molecule has 0 spiro atoms. The Balaban J connectivity index is 1.68. The zero-order valence-corrected chi connectivity index (χ0v) is 15.9. The van der Waals surface area contributed by atoms with Crippen molar-refractivity contribution in [3.05, 3.63) is 41.9 Å². The van der Waals surface area contributed by atoms with Gasteiger partial charge >= 0.3 is 5.97 Å². The Hall–Kier alpha value is -2.39. The number of hydrogen-bond acceptors (Lipinski definition) is 6. The van der Waals surface area contributed by atoms with Gasteiger partial charge in [-0.2, -0.15) is 0 Å². The molecule has 0 bridgehead atoms. The Kier molecular flexibility index (Phi) is 6.76. The van der Waals surface area contributed by atoms with E-state index in [1.54, 1.807) is 18.5 Å². The van der Waals surface area contributed by atoms with Crippen LogP contribution in [-0.2, 0) is 26.6 Å². The summed E-state index contributed by atoms with van der Waals surface area (Å²) in [5, 5.41) is -0.0718. The second-order valence-corrected chi connectivity index (χ2v) is 7.43. The summed E-state index contributed by atoms with van der Waals surface area (Å²) in [6.07, 6.45) is 1.34. The molecular weight excluding hydrogens is 358 g/mol. The van der Waals surface area contributed by atoms with Gasteiger partial charge in [0, 0.05) is 19.8 Å². The Bertz CT molecular complexity index is 842. The minimum Gasteiger partial charge on any atom is -0.490 e. The van der Waals surface area contributed by atoms with Crippen molar-refractivity contribution < 1.29 is 22.7 Å². The maximum Gasteiger partial charge on any atom is 0.307 e. The molecular formula is C17H23N3O5S. The van der Waals surface area contributed by atoms with Crippen molar-refractivity contribution in [3.63, 3.8) is 0 Å². The summed E-state index contributed by atoms with van der Waals surface area (Å²) in [5.74, 6) is 0.818. The maximum absolute atomic E-state index is 12.1. The first kappa shape index (κ1) is 19.9. The molecule has 9 heteroatoms. The lowest BCUT2D eigenvalue weighted by Crippen LogP contribution is -2.27. The number of para-hydroxylation sites is 1. The number of nitrogens with zero attached hydrogens (tertiary/aromatic N) is 2. The molecule has 0 aliphatic heterocycles. The van der Waals surface area contributed by atoms with Crippen LogP contribution >= 0.6 is 0 Å². The van der Waals surface area contributed by atoms with Crippen molar-refractivity contribution in [1.29, 1.82) is 0 Å². The van der Waals surface area contributed by atoms with Gasteiger partial charge in [-0.1, -0.05) is 18.2 Å². The van der Waals surface area contributed by atoms with E-state index in [4.69, 9.17) is 9.47 Å². The van der Waals surface area contributed by atoms with Crippen LogP contribution in [0.25, 0.3) is 0 Å². The summed E-state index contributed by atoms with van der Waals surface area (Å²) in [4.78, 5) is 15.6. The maximum atomic E-state index is 12.1. The first-order valence-electron chi connectivity index (χ1n) is 8.13. The van der Waals surface area contributed by atoms with Gasteiger partial charge in [0.05, 0.1) is 6.42 Å². The highest BCUT2D eigenvalue weighted by molar-refractivity contribution is 7.89. The molecule has 0 radical (unpaired) electrons. The number of carbonyl (C=O) groups is 1. The molecule has 0 aliphatic rings. The predicted molar refractivity (Wildman–Crippen MR) is 95.4 cm³/mol. The van der Waals surface area contributed by atoms with Crippen molar-refractivity contribution in [2.45, 2.75) is 25.3 Å². The number of hydrogen-bond donors (Lipinski definition) is 1. The van der Waals surface area contributed by atoms with Crippen molar-refractivity contribution >= 4 is 16.0 Å². The summed E-state index contributed by atoms with van der Waals surface area (Å²) in [7, 11) is -2.03. The molecule has 1 aromatic heterocycles. The summed E-state index contributed by atoms with van der Waals surface area (Å²) >= 11 is 0. The molecule has 0 aliphatic carbocycles. The Morgan fingerprint density at radius 2 is 1.96 bits per heavy atom. The van der Waals surface area contributed by atoms with Gasteiger partial charge in [0.25, 0.3) is 10.0 Å². The quantitative estimate of drug-likeness (QED) is 0.520. The van der Waals surface area contributed by atoms with Crippen molar-refractivity contribution in [2.75, 3.05) is 19.8 Å². The summed E-state index contributed by atoms with van der Waals surface area (Å²) < 4.78 is 38.6. The van der Waals surface area contributed by atoms with Crippen LogP contribution in [0.1, 0.15) is 17.8 Å². The zero-order chi connectivity index (χ0) is 19.2. The average molecular weight is 381 g/mol. The minimum atomic E-state index is -3.74. The second-order valence-electron chi connectivity index (χ2n) is 5.72. The fourth-order valence-corrected chi connectivity index (χ4v) is 3.18. The van der Waals surface area contributed by atoms with Crippen molar-refractivity contribution in [2.24, 2.45) is 7.05 Å². The molecule has 2 aromatic rings. The van der Waals surface area contributed by atoms with E-state index in [-0.39, 0.29) is 31.2 Å². The van der Waals surface area contributed by atoms with Gasteiger partial charge in [0.1, 0.15) is 24.8 Å². The van der Waals surface area contributed by atoms with Crippen molar-refractivity contribution in [3.8, 4) is 5.75 Å². The fraction of sp³-hybridized carbons (Fsp3) is 0.412. The first-order chi connectivity index (χ1) is 12.3. The van der Waals surface area contributed by atoms with Gasteiger partial charge in [-0.3, -0.25) is 4.79 Å². The number of esters is 1. The summed E-state index contributed by atoms with van der Waals surface area (Å²) in [5.41, 5.74) is 0.998. The Morgan fingerprint density at radius 1 is 1.23 bits per heavy atom. The van der Waals surface area contributed by atoms with Crippen LogP contribution in [0.15, 0.2) is 35.5 Å². The van der Waals surface area contributed by atoms with E-state index >= 15 is 0 Å². The highest BCUT2D eigenvalue weighted by Gasteiger charge is 2.18. The van der Waals surface area contributed by atoms with E-state index in [1.165, 1.54) is 6.20 Å². The number of ether oxygens (including phenoxy) is 2. The zero-order valence-electron chi connectivity index (χ0n) is 15.1. The molecule has 1 N–H and O–H groups in total. The molecule has 1 heterocycles. The number of aryl methyl sites for hydroxylation is 3. The van der Waals surface area contributed by atoms with Gasteiger partial charge < -0.3 is 14.0 Å². The molecule has 1 aromatic carbocycles. The van der Waals surface area contributed by atoms with Gasteiger partial charge in [-0.25, -0.2) is 18.1 Å². The summed E-state index contributed by atoms with van der Waals surface area (Å²) in [6.45, 7) is 3.90. The number of rotatable bonds is 9. The third kappa shape index (κ3) is 5.57. The molecule has 0 saturated carbocycles. The van der Waals surface area contributed by atoms with E-state index in [9.17, 15) is 13.2 Å². The third-order valence-electron chi connectivity index (χ3n) is 3.68. The number of carbonyl (C=O) groups excluding carboxylic acids is 1. The van der Waals surface area contributed by atoms with Gasteiger partial charge in [0.2, 0.25) is 0 Å². The monoisotopic (exact) mass is 381 g/mol. The number of benzene rings is 1. The summed E-state index contributed by atoms with van der Waals surface area (Å²) in [6, 6.07) is 7.54. The number of sulfonamides is 1. The van der Waals surface area contributed by atoms with Crippen LogP contribution in [0.2, 0.25) is 0 Å². The Morgan fingerprint density at radius 3 is 2.62 bits per heavy atom.